The first-order valence-corrected chi connectivity index (χ1v) is 11.5. The van der Waals surface area contributed by atoms with Crippen LogP contribution < -0.4 is 10.6 Å². The maximum absolute atomic E-state index is 9.55. The predicted octanol–water partition coefficient (Wildman–Crippen LogP) is 4.75. The Balaban J connectivity index is 1.75. The van der Waals surface area contributed by atoms with Gasteiger partial charge in [0.25, 0.3) is 0 Å². The molecule has 0 unspecified atom stereocenters. The minimum Gasteiger partial charge on any atom is -0.394 e. The van der Waals surface area contributed by atoms with Crippen molar-refractivity contribution < 1.29 is 5.11 Å². The molecule has 1 aliphatic rings. The molecule has 3 rings (SSSR count). The van der Waals surface area contributed by atoms with E-state index in [9.17, 15) is 5.11 Å². The number of nitrogens with zero attached hydrogens (tertiary/aromatic N) is 4. The van der Waals surface area contributed by atoms with Gasteiger partial charge in [0.05, 0.1) is 19.0 Å². The zero-order chi connectivity index (χ0) is 20.6. The van der Waals surface area contributed by atoms with Gasteiger partial charge in [0.2, 0.25) is 5.95 Å². The Morgan fingerprint density at radius 3 is 2.52 bits per heavy atom. The number of nitrogens with one attached hydrogen (secondary N) is 2. The molecule has 0 aliphatic heterocycles. The molecule has 7 heteroatoms. The quantitative estimate of drug-likeness (QED) is 0.561. The number of rotatable bonds is 9. The minimum absolute atomic E-state index is 0.0503. The second kappa shape index (κ2) is 10.8. The highest BCUT2D eigenvalue weighted by atomic mass is 16.3. The van der Waals surface area contributed by atoms with E-state index in [4.69, 9.17) is 9.97 Å². The lowest BCUT2D eigenvalue weighted by Crippen LogP contribution is -2.24. The maximum Gasteiger partial charge on any atom is 0.227 e. The van der Waals surface area contributed by atoms with Crippen molar-refractivity contribution in [3.63, 3.8) is 0 Å². The summed E-state index contributed by atoms with van der Waals surface area (Å²) in [5.74, 6) is 2.15. The van der Waals surface area contributed by atoms with E-state index in [-0.39, 0.29) is 18.7 Å². The van der Waals surface area contributed by atoms with Crippen molar-refractivity contribution in [1.82, 2.24) is 19.5 Å². The first-order valence-electron chi connectivity index (χ1n) is 11.5. The third kappa shape index (κ3) is 5.81. The Kier molecular flexibility index (Phi) is 8.09. The van der Waals surface area contributed by atoms with Crippen LogP contribution in [0.5, 0.6) is 0 Å². The van der Waals surface area contributed by atoms with Crippen molar-refractivity contribution in [2.45, 2.75) is 90.6 Å². The van der Waals surface area contributed by atoms with Crippen LogP contribution in [0.3, 0.4) is 0 Å². The topological polar surface area (TPSA) is 87.9 Å². The second-order valence-electron chi connectivity index (χ2n) is 8.67. The molecule has 3 N–H and O–H groups in total. The van der Waals surface area contributed by atoms with Crippen LogP contribution in [0.2, 0.25) is 0 Å². The fraction of sp³-hybridized carbons (Fsp3) is 0.773. The molecule has 0 bridgehead atoms. The molecule has 0 spiro atoms. The molecular weight excluding hydrogens is 364 g/mol. The number of imidazole rings is 1. The Morgan fingerprint density at radius 1 is 1.14 bits per heavy atom. The van der Waals surface area contributed by atoms with Gasteiger partial charge in [-0.2, -0.15) is 9.97 Å². The van der Waals surface area contributed by atoms with Crippen LogP contribution in [-0.4, -0.2) is 43.8 Å². The molecule has 1 fully saturated rings. The van der Waals surface area contributed by atoms with Crippen molar-refractivity contribution in [2.75, 3.05) is 23.8 Å². The van der Waals surface area contributed by atoms with Gasteiger partial charge in [-0.1, -0.05) is 51.9 Å². The summed E-state index contributed by atoms with van der Waals surface area (Å²) in [6, 6.07) is 0.219. The molecule has 1 aliphatic carbocycles. The summed E-state index contributed by atoms with van der Waals surface area (Å²) in [7, 11) is 0. The summed E-state index contributed by atoms with van der Waals surface area (Å²) in [6.45, 7) is 7.26. The zero-order valence-corrected chi connectivity index (χ0v) is 18.3. The van der Waals surface area contributed by atoms with Gasteiger partial charge in [-0.15, -0.1) is 0 Å². The Labute approximate surface area is 174 Å². The van der Waals surface area contributed by atoms with Crippen LogP contribution in [0.1, 0.15) is 84.6 Å². The number of aliphatic hydroxyl groups is 1. The molecule has 0 amide bonds. The number of aliphatic hydroxyl groups excluding tert-OH is 1. The van der Waals surface area contributed by atoms with Gasteiger partial charge in [0, 0.05) is 12.6 Å². The van der Waals surface area contributed by atoms with E-state index in [1.54, 1.807) is 0 Å². The van der Waals surface area contributed by atoms with E-state index in [1.807, 2.05) is 13.3 Å². The number of hydrogen-bond donors (Lipinski definition) is 3. The Hall–Kier alpha value is -1.89. The lowest BCUT2D eigenvalue weighted by atomic mass is 9.89. The normalized spacial score (nSPS) is 17.3. The van der Waals surface area contributed by atoms with Crippen LogP contribution in [0.15, 0.2) is 6.33 Å². The largest absolute Gasteiger partial charge is 0.394 e. The molecule has 2 heterocycles. The van der Waals surface area contributed by atoms with Crippen molar-refractivity contribution in [1.29, 1.82) is 0 Å². The summed E-state index contributed by atoms with van der Waals surface area (Å²) in [4.78, 5) is 14.0. The van der Waals surface area contributed by atoms with Gasteiger partial charge < -0.3 is 20.3 Å². The van der Waals surface area contributed by atoms with E-state index in [1.165, 1.54) is 51.4 Å². The lowest BCUT2D eigenvalue weighted by Gasteiger charge is -2.20. The van der Waals surface area contributed by atoms with Crippen molar-refractivity contribution in [3.8, 4) is 0 Å². The van der Waals surface area contributed by atoms with Crippen LogP contribution in [0.4, 0.5) is 11.8 Å². The summed E-state index contributed by atoms with van der Waals surface area (Å²) in [5.41, 5.74) is 1.65. The van der Waals surface area contributed by atoms with E-state index < -0.39 is 0 Å². The number of fused-ring (bicyclic) bond motifs is 1. The molecule has 2 aromatic heterocycles. The molecule has 29 heavy (non-hydrogen) atoms. The summed E-state index contributed by atoms with van der Waals surface area (Å²) in [6.07, 6.45) is 13.5. The Bertz CT molecular complexity index is 747. The van der Waals surface area contributed by atoms with Gasteiger partial charge in [0.15, 0.2) is 17.0 Å². The van der Waals surface area contributed by atoms with Gasteiger partial charge in [-0.25, -0.2) is 4.98 Å². The standard InChI is InChI=1S/C22H38N6O/c1-4-18(14-29)25-22-26-20(19-21(27-22)28(15-24-19)16(2)3)23-13-12-17-10-8-6-5-7-9-11-17/h15-18,29H,4-14H2,1-3H3,(H2,23,25,26,27)/t18-/m1/s1. The molecule has 162 valence electrons. The third-order valence-electron chi connectivity index (χ3n) is 6.09. The molecule has 7 nitrogen and oxygen atoms in total. The predicted molar refractivity (Wildman–Crippen MR) is 119 cm³/mol. The van der Waals surface area contributed by atoms with Crippen molar-refractivity contribution >= 4 is 22.9 Å². The van der Waals surface area contributed by atoms with Crippen LogP contribution >= 0.6 is 0 Å². The highest BCUT2D eigenvalue weighted by Gasteiger charge is 2.17. The summed E-state index contributed by atoms with van der Waals surface area (Å²) in [5, 5.41) is 16.4. The zero-order valence-electron chi connectivity index (χ0n) is 18.3. The molecular formula is C22H38N6O. The Morgan fingerprint density at radius 2 is 1.86 bits per heavy atom. The number of anilines is 2. The van der Waals surface area contributed by atoms with Crippen LogP contribution in [-0.2, 0) is 0 Å². The maximum atomic E-state index is 9.55. The molecule has 2 aromatic rings. The fourth-order valence-electron chi connectivity index (χ4n) is 4.17. The van der Waals surface area contributed by atoms with Crippen LogP contribution in [0.25, 0.3) is 11.2 Å². The lowest BCUT2D eigenvalue weighted by molar-refractivity contribution is 0.271. The van der Waals surface area contributed by atoms with E-state index in [2.05, 4.69) is 34.0 Å². The molecule has 0 aromatic carbocycles. The van der Waals surface area contributed by atoms with Gasteiger partial charge in [-0.3, -0.25) is 0 Å². The summed E-state index contributed by atoms with van der Waals surface area (Å²) < 4.78 is 2.07. The van der Waals surface area contributed by atoms with E-state index in [0.717, 1.165) is 35.9 Å². The first kappa shape index (κ1) is 21.8. The molecule has 0 saturated heterocycles. The SMILES string of the molecule is CC[C@H](CO)Nc1nc(NCCC2CCCCCCC2)c2ncn(C(C)C)c2n1. The highest BCUT2D eigenvalue weighted by Crippen LogP contribution is 2.26. The minimum atomic E-state index is -0.0503. The fourth-order valence-corrected chi connectivity index (χ4v) is 4.17. The smallest absolute Gasteiger partial charge is 0.227 e. The second-order valence-corrected chi connectivity index (χ2v) is 8.67. The van der Waals surface area contributed by atoms with E-state index >= 15 is 0 Å². The average molecular weight is 403 g/mol. The van der Waals surface area contributed by atoms with Crippen LogP contribution in [0, 0.1) is 5.92 Å². The number of aromatic nitrogens is 4. The monoisotopic (exact) mass is 402 g/mol. The summed E-state index contributed by atoms with van der Waals surface area (Å²) >= 11 is 0. The third-order valence-corrected chi connectivity index (χ3v) is 6.09. The van der Waals surface area contributed by atoms with Gasteiger partial charge in [0.1, 0.15) is 0 Å². The van der Waals surface area contributed by atoms with Crippen molar-refractivity contribution in [3.05, 3.63) is 6.33 Å². The first-order chi connectivity index (χ1) is 14.1. The van der Waals surface area contributed by atoms with Gasteiger partial charge >= 0.3 is 0 Å². The molecule has 1 saturated carbocycles. The van der Waals surface area contributed by atoms with Crippen molar-refractivity contribution in [2.24, 2.45) is 5.92 Å². The average Bonchev–Trinajstić information content (AvgIpc) is 3.12. The van der Waals surface area contributed by atoms with E-state index in [0.29, 0.717) is 5.95 Å². The number of hydrogen-bond acceptors (Lipinski definition) is 6. The highest BCUT2D eigenvalue weighted by molar-refractivity contribution is 5.84. The molecule has 0 radical (unpaired) electrons. The van der Waals surface area contributed by atoms with Gasteiger partial charge in [-0.05, 0) is 32.6 Å². The molecule has 1 atom stereocenters.